The van der Waals surface area contributed by atoms with Gasteiger partial charge in [-0.25, -0.2) is 5.10 Å². The fourth-order valence-electron chi connectivity index (χ4n) is 0.766. The Morgan fingerprint density at radius 2 is 2.08 bits per heavy atom. The molecule has 1 heterocycles. The van der Waals surface area contributed by atoms with Gasteiger partial charge in [-0.3, -0.25) is 4.79 Å². The van der Waals surface area contributed by atoms with E-state index in [4.69, 9.17) is 11.6 Å². The van der Waals surface area contributed by atoms with E-state index in [9.17, 15) is 4.79 Å². The van der Waals surface area contributed by atoms with E-state index >= 15 is 0 Å². The third-order valence-corrected chi connectivity index (χ3v) is 1.81. The summed E-state index contributed by atoms with van der Waals surface area (Å²) in [6.45, 7) is 6.01. The lowest BCUT2D eigenvalue weighted by Gasteiger charge is -2.16. The second-order valence-electron chi connectivity index (χ2n) is 3.68. The van der Waals surface area contributed by atoms with E-state index in [1.807, 2.05) is 20.8 Å². The fraction of sp³-hybridized carbons (Fsp3) is 0.500. The highest BCUT2D eigenvalue weighted by Gasteiger charge is 2.16. The number of nitrogens with one attached hydrogen (secondary N) is 1. The number of H-pyrrole nitrogens is 1. The van der Waals surface area contributed by atoms with E-state index in [0.717, 1.165) is 5.69 Å². The number of rotatable bonds is 0. The molecule has 0 aliphatic heterocycles. The van der Waals surface area contributed by atoms with Crippen LogP contribution in [0.1, 0.15) is 26.5 Å². The summed E-state index contributed by atoms with van der Waals surface area (Å²) in [5.41, 5.74) is 0.352. The third kappa shape index (κ3) is 1.85. The lowest BCUT2D eigenvalue weighted by atomic mass is 9.92. The Balaban J connectivity index is 3.23. The summed E-state index contributed by atoms with van der Waals surface area (Å²) in [6.07, 6.45) is 0. The van der Waals surface area contributed by atoms with Crippen LogP contribution in [0.3, 0.4) is 0 Å². The molecule has 0 saturated heterocycles. The molecule has 0 aliphatic rings. The van der Waals surface area contributed by atoms with Crippen molar-refractivity contribution in [3.8, 4) is 0 Å². The minimum atomic E-state index is -0.343. The van der Waals surface area contributed by atoms with Gasteiger partial charge >= 0.3 is 0 Å². The minimum absolute atomic E-state index is 0.0894. The Morgan fingerprint density at radius 3 is 2.50 bits per heavy atom. The van der Waals surface area contributed by atoms with Crippen molar-refractivity contribution in [1.29, 1.82) is 0 Å². The number of halogens is 1. The van der Waals surface area contributed by atoms with Gasteiger partial charge < -0.3 is 0 Å². The Kier molecular flexibility index (Phi) is 2.24. The van der Waals surface area contributed by atoms with Gasteiger partial charge in [-0.2, -0.15) is 5.10 Å². The number of hydrogen-bond donors (Lipinski definition) is 1. The van der Waals surface area contributed by atoms with Gasteiger partial charge in [0, 0.05) is 5.41 Å². The maximum atomic E-state index is 10.8. The molecule has 0 amide bonds. The molecule has 0 aromatic carbocycles. The molecule has 0 saturated carbocycles. The average Bonchev–Trinajstić information content (AvgIpc) is 1.92. The first-order chi connectivity index (χ1) is 5.41. The van der Waals surface area contributed by atoms with Gasteiger partial charge in [0.15, 0.2) is 0 Å². The Morgan fingerprint density at radius 1 is 1.50 bits per heavy atom. The van der Waals surface area contributed by atoms with Crippen LogP contribution in [-0.4, -0.2) is 10.2 Å². The molecule has 0 unspecified atom stereocenters. The summed E-state index contributed by atoms with van der Waals surface area (Å²) >= 11 is 5.64. The predicted molar refractivity (Wildman–Crippen MR) is 48.6 cm³/mol. The summed E-state index contributed by atoms with van der Waals surface area (Å²) in [7, 11) is 0. The van der Waals surface area contributed by atoms with E-state index in [1.165, 1.54) is 0 Å². The number of aromatic amines is 1. The van der Waals surface area contributed by atoms with Gasteiger partial charge in [0.05, 0.1) is 5.69 Å². The first-order valence-electron chi connectivity index (χ1n) is 3.67. The zero-order valence-corrected chi connectivity index (χ0v) is 8.07. The van der Waals surface area contributed by atoms with Crippen LogP contribution in [0, 0.1) is 0 Å². The molecule has 1 aromatic heterocycles. The molecular formula is C8H11ClN2O. The summed E-state index contributed by atoms with van der Waals surface area (Å²) in [5.74, 6) is 0. The lowest BCUT2D eigenvalue weighted by Crippen LogP contribution is -2.19. The monoisotopic (exact) mass is 186 g/mol. The molecule has 0 aliphatic carbocycles. The lowest BCUT2D eigenvalue weighted by molar-refractivity contribution is 0.557. The van der Waals surface area contributed by atoms with Crippen LogP contribution < -0.4 is 5.56 Å². The highest BCUT2D eigenvalue weighted by molar-refractivity contribution is 6.30. The van der Waals surface area contributed by atoms with Crippen LogP contribution >= 0.6 is 11.6 Å². The van der Waals surface area contributed by atoms with Crippen molar-refractivity contribution in [2.45, 2.75) is 26.2 Å². The molecule has 0 fully saturated rings. The molecule has 1 N–H and O–H groups in total. The van der Waals surface area contributed by atoms with Gasteiger partial charge in [-0.1, -0.05) is 32.4 Å². The molecule has 0 bridgehead atoms. The van der Waals surface area contributed by atoms with Gasteiger partial charge in [0.2, 0.25) is 0 Å². The molecule has 0 atom stereocenters. The second kappa shape index (κ2) is 2.90. The fourth-order valence-corrected chi connectivity index (χ4v) is 0.912. The van der Waals surface area contributed by atoms with Crippen LogP contribution in [0.2, 0.25) is 5.02 Å². The van der Waals surface area contributed by atoms with Crippen LogP contribution in [0.4, 0.5) is 0 Å². The molecular weight excluding hydrogens is 176 g/mol. The maximum Gasteiger partial charge on any atom is 0.282 e. The maximum absolute atomic E-state index is 10.8. The smallest absolute Gasteiger partial charge is 0.266 e. The molecule has 0 spiro atoms. The highest BCUT2D eigenvalue weighted by atomic mass is 35.5. The summed E-state index contributed by atoms with van der Waals surface area (Å²) in [6, 6.07) is 1.60. The topological polar surface area (TPSA) is 45.8 Å². The molecule has 0 radical (unpaired) electrons. The van der Waals surface area contributed by atoms with Crippen molar-refractivity contribution >= 4 is 11.6 Å². The molecule has 66 valence electrons. The summed E-state index contributed by atoms with van der Waals surface area (Å²) in [4.78, 5) is 10.8. The van der Waals surface area contributed by atoms with Gasteiger partial charge in [0.25, 0.3) is 5.56 Å². The standard InChI is InChI=1S/C8H11ClN2O/c1-8(2,3)6-4-5(9)7(12)11-10-6/h4H,1-3H3,(H,11,12). The number of aromatic nitrogens is 2. The zero-order chi connectivity index (χ0) is 9.35. The van der Waals surface area contributed by atoms with Crippen LogP contribution in [0.5, 0.6) is 0 Å². The van der Waals surface area contributed by atoms with Crippen LogP contribution in [-0.2, 0) is 5.41 Å². The van der Waals surface area contributed by atoms with Gasteiger partial charge in [-0.05, 0) is 6.07 Å². The quantitative estimate of drug-likeness (QED) is 0.671. The Bertz CT molecular complexity index is 338. The highest BCUT2D eigenvalue weighted by Crippen LogP contribution is 2.19. The van der Waals surface area contributed by atoms with E-state index in [0.29, 0.717) is 0 Å². The number of hydrogen-bond acceptors (Lipinski definition) is 2. The second-order valence-corrected chi connectivity index (χ2v) is 4.09. The van der Waals surface area contributed by atoms with E-state index in [2.05, 4.69) is 10.2 Å². The van der Waals surface area contributed by atoms with Crippen molar-refractivity contribution in [3.63, 3.8) is 0 Å². The average molecular weight is 187 g/mol. The normalized spacial score (nSPS) is 11.7. The van der Waals surface area contributed by atoms with Crippen molar-refractivity contribution in [3.05, 3.63) is 27.1 Å². The van der Waals surface area contributed by atoms with Gasteiger partial charge in [0.1, 0.15) is 5.02 Å². The zero-order valence-electron chi connectivity index (χ0n) is 7.31. The van der Waals surface area contributed by atoms with Crippen molar-refractivity contribution in [1.82, 2.24) is 10.2 Å². The predicted octanol–water partition coefficient (Wildman–Crippen LogP) is 1.72. The molecule has 4 heteroatoms. The number of nitrogens with zero attached hydrogens (tertiary/aromatic N) is 1. The van der Waals surface area contributed by atoms with Crippen molar-refractivity contribution in [2.75, 3.05) is 0 Å². The Labute approximate surface area is 75.8 Å². The SMILES string of the molecule is CC(C)(C)c1cc(Cl)c(=O)[nH]n1. The molecule has 3 nitrogen and oxygen atoms in total. The van der Waals surface area contributed by atoms with Crippen LogP contribution in [0.25, 0.3) is 0 Å². The van der Waals surface area contributed by atoms with E-state index < -0.39 is 0 Å². The third-order valence-electron chi connectivity index (χ3n) is 1.53. The summed E-state index contributed by atoms with van der Waals surface area (Å²) in [5, 5.41) is 6.42. The summed E-state index contributed by atoms with van der Waals surface area (Å²) < 4.78 is 0. The molecule has 12 heavy (non-hydrogen) atoms. The first kappa shape index (κ1) is 9.26. The molecule has 1 aromatic rings. The van der Waals surface area contributed by atoms with Gasteiger partial charge in [-0.15, -0.1) is 0 Å². The van der Waals surface area contributed by atoms with Crippen molar-refractivity contribution in [2.24, 2.45) is 0 Å². The van der Waals surface area contributed by atoms with Crippen LogP contribution in [0.15, 0.2) is 10.9 Å². The van der Waals surface area contributed by atoms with E-state index in [1.54, 1.807) is 6.07 Å². The molecule has 1 rings (SSSR count). The van der Waals surface area contributed by atoms with Crippen molar-refractivity contribution < 1.29 is 0 Å². The Hall–Kier alpha value is -0.830. The van der Waals surface area contributed by atoms with E-state index in [-0.39, 0.29) is 16.0 Å². The minimum Gasteiger partial charge on any atom is -0.266 e. The largest absolute Gasteiger partial charge is 0.282 e. The first-order valence-corrected chi connectivity index (χ1v) is 4.05.